The van der Waals surface area contributed by atoms with Crippen molar-refractivity contribution in [2.75, 3.05) is 6.61 Å². The smallest absolute Gasteiger partial charge is 0.489 e. The van der Waals surface area contributed by atoms with Gasteiger partial charge in [0.2, 0.25) is 0 Å². The van der Waals surface area contributed by atoms with Crippen LogP contribution in [0.3, 0.4) is 0 Å². The molecule has 0 bridgehead atoms. The van der Waals surface area contributed by atoms with Gasteiger partial charge in [-0.05, 0) is 12.6 Å². The van der Waals surface area contributed by atoms with E-state index in [4.69, 9.17) is 8.85 Å². The Bertz CT molecular complexity index is 124. The summed E-state index contributed by atoms with van der Waals surface area (Å²) in [5.41, 5.74) is 1.54. The second-order valence-electron chi connectivity index (χ2n) is 1.55. The first-order chi connectivity index (χ1) is 4.70. The summed E-state index contributed by atoms with van der Waals surface area (Å²) in [5.74, 6) is -0.317. The fourth-order valence-electron chi connectivity index (χ4n) is 0.414. The highest BCUT2D eigenvalue weighted by Crippen LogP contribution is 1.90. The van der Waals surface area contributed by atoms with Crippen molar-refractivity contribution in [3.63, 3.8) is 0 Å². The molecule has 4 heteroatoms. The molecule has 3 nitrogen and oxygen atoms in total. The van der Waals surface area contributed by atoms with E-state index in [1.54, 1.807) is 0 Å². The van der Waals surface area contributed by atoms with Gasteiger partial charge in [-0.25, -0.2) is 0 Å². The second-order valence-corrected chi connectivity index (χ2v) is 3.09. The highest BCUT2D eigenvalue weighted by atomic mass is 28.3. The Labute approximate surface area is 62.5 Å². The number of hydrogen-bond acceptors (Lipinski definition) is 3. The molecule has 0 aliphatic heterocycles. The summed E-state index contributed by atoms with van der Waals surface area (Å²) in [6, 6.07) is 0. The lowest BCUT2D eigenvalue weighted by atomic mass is 10.9. The third kappa shape index (κ3) is 4.28. The van der Waals surface area contributed by atoms with E-state index in [0.29, 0.717) is 6.61 Å². The first-order valence-electron chi connectivity index (χ1n) is 3.01. The highest BCUT2D eigenvalue weighted by Gasteiger charge is 2.12. The van der Waals surface area contributed by atoms with Crippen LogP contribution in [0.25, 0.3) is 0 Å². The molecule has 0 aliphatic rings. The molecule has 1 radical (unpaired) electrons. The van der Waals surface area contributed by atoms with Crippen LogP contribution in [0.5, 0.6) is 0 Å². The van der Waals surface area contributed by atoms with Gasteiger partial charge in [0.25, 0.3) is 5.97 Å². The first kappa shape index (κ1) is 9.39. The predicted molar refractivity (Wildman–Crippen MR) is 39.3 cm³/mol. The molecule has 0 spiro atoms. The number of carbonyl (C=O) groups is 1. The van der Waals surface area contributed by atoms with Gasteiger partial charge in [0.1, 0.15) is 0 Å². The van der Waals surface area contributed by atoms with Crippen LogP contribution < -0.4 is 0 Å². The maximum absolute atomic E-state index is 10.4. The topological polar surface area (TPSA) is 35.5 Å². The summed E-state index contributed by atoms with van der Waals surface area (Å²) in [6.07, 6.45) is 0. The molecule has 0 heterocycles. The zero-order valence-electron chi connectivity index (χ0n) is 6.22. The highest BCUT2D eigenvalue weighted by molar-refractivity contribution is 6.52. The Balaban J connectivity index is 3.59. The van der Waals surface area contributed by atoms with Crippen LogP contribution in [0.15, 0.2) is 12.3 Å². The lowest BCUT2D eigenvalue weighted by Crippen LogP contribution is -2.22. The minimum Gasteiger partial charge on any atom is -0.489 e. The molecule has 0 atom stereocenters. The summed E-state index contributed by atoms with van der Waals surface area (Å²) in [7, 11) is -1.52. The maximum atomic E-state index is 10.4. The quantitative estimate of drug-likeness (QED) is 0.569. The van der Waals surface area contributed by atoms with Crippen LogP contribution in [0.2, 0.25) is 0 Å². The van der Waals surface area contributed by atoms with E-state index in [1.165, 1.54) is 12.6 Å². The van der Waals surface area contributed by atoms with Crippen LogP contribution in [-0.2, 0) is 13.6 Å². The molecule has 0 saturated carbocycles. The molecule has 0 aliphatic carbocycles. The van der Waals surface area contributed by atoms with E-state index in [9.17, 15) is 4.79 Å². The van der Waals surface area contributed by atoms with Gasteiger partial charge in [0.15, 0.2) is 0 Å². The third-order valence-corrected chi connectivity index (χ3v) is 2.09. The maximum Gasteiger partial charge on any atom is 0.490 e. The molecule has 0 rings (SSSR count). The summed E-state index contributed by atoms with van der Waals surface area (Å²) in [6.45, 7) is 7.22. The zero-order valence-corrected chi connectivity index (χ0v) is 7.22. The van der Waals surface area contributed by atoms with Gasteiger partial charge in [0.05, 0.1) is 0 Å². The van der Waals surface area contributed by atoms with Crippen LogP contribution in [0, 0.1) is 0 Å². The Kier molecular flexibility index (Phi) is 4.88. The number of rotatable bonds is 4. The summed E-state index contributed by atoms with van der Waals surface area (Å²) >= 11 is 0. The van der Waals surface area contributed by atoms with Crippen molar-refractivity contribution < 1.29 is 13.6 Å². The van der Waals surface area contributed by atoms with Crippen molar-refractivity contribution in [3.05, 3.63) is 12.3 Å². The van der Waals surface area contributed by atoms with E-state index in [-0.39, 0.29) is 5.97 Å². The standard InChI is InChI=1S/C6H11O3Si/c1-4-8-10(5-2)9-6(3)7/h5H,2,4H2,1,3H3. The van der Waals surface area contributed by atoms with Crippen LogP contribution in [0.1, 0.15) is 13.8 Å². The first-order valence-corrected chi connectivity index (χ1v) is 4.40. The van der Waals surface area contributed by atoms with Gasteiger partial charge in [-0.3, -0.25) is 4.79 Å². The predicted octanol–water partition coefficient (Wildman–Crippen LogP) is 0.799. The van der Waals surface area contributed by atoms with Crippen LogP contribution in [-0.4, -0.2) is 21.9 Å². The molecule has 0 aromatic heterocycles. The van der Waals surface area contributed by atoms with Gasteiger partial charge in [-0.1, -0.05) is 0 Å². The molecule has 0 aromatic rings. The molecule has 57 valence electrons. The SMILES string of the molecule is C=C[Si](OCC)OC(C)=O. The number of carbonyl (C=O) groups excluding carboxylic acids is 1. The van der Waals surface area contributed by atoms with Crippen molar-refractivity contribution >= 4 is 15.3 Å². The molecule has 0 unspecified atom stereocenters. The second kappa shape index (κ2) is 5.19. The van der Waals surface area contributed by atoms with E-state index >= 15 is 0 Å². The fraction of sp³-hybridized carbons (Fsp3) is 0.500. The lowest BCUT2D eigenvalue weighted by Gasteiger charge is -2.06. The molecule has 0 amide bonds. The van der Waals surface area contributed by atoms with Gasteiger partial charge in [0, 0.05) is 13.5 Å². The number of hydrogen-bond donors (Lipinski definition) is 0. The molecular weight excluding hydrogens is 148 g/mol. The average Bonchev–Trinajstić information content (AvgIpc) is 1.86. The van der Waals surface area contributed by atoms with Crippen molar-refractivity contribution in [2.45, 2.75) is 13.8 Å². The Morgan fingerprint density at radius 1 is 1.80 bits per heavy atom. The van der Waals surface area contributed by atoms with Crippen LogP contribution >= 0.6 is 0 Å². The van der Waals surface area contributed by atoms with Gasteiger partial charge in [-0.2, -0.15) is 0 Å². The van der Waals surface area contributed by atoms with Crippen molar-refractivity contribution in [3.8, 4) is 0 Å². The Hall–Kier alpha value is -0.613. The summed E-state index contributed by atoms with van der Waals surface area (Å²) in [5, 5.41) is 0. The normalized spacial score (nSPS) is 9.50. The molecule has 10 heavy (non-hydrogen) atoms. The summed E-state index contributed by atoms with van der Waals surface area (Å²) < 4.78 is 9.81. The molecular formula is C6H11O3Si. The molecule has 0 N–H and O–H groups in total. The largest absolute Gasteiger partial charge is 0.490 e. The van der Waals surface area contributed by atoms with Gasteiger partial charge in [-0.15, -0.1) is 6.58 Å². The van der Waals surface area contributed by atoms with Crippen molar-refractivity contribution in [1.82, 2.24) is 0 Å². The van der Waals surface area contributed by atoms with Crippen LogP contribution in [0.4, 0.5) is 0 Å². The van der Waals surface area contributed by atoms with E-state index < -0.39 is 9.28 Å². The van der Waals surface area contributed by atoms with E-state index in [0.717, 1.165) is 0 Å². The fourth-order valence-corrected chi connectivity index (χ4v) is 1.24. The minimum absolute atomic E-state index is 0.317. The third-order valence-electron chi connectivity index (χ3n) is 0.698. The van der Waals surface area contributed by atoms with E-state index in [1.807, 2.05) is 6.92 Å². The lowest BCUT2D eigenvalue weighted by molar-refractivity contribution is -0.133. The van der Waals surface area contributed by atoms with Crippen molar-refractivity contribution in [1.29, 1.82) is 0 Å². The molecule has 0 saturated heterocycles. The average molecular weight is 159 g/mol. The monoisotopic (exact) mass is 159 g/mol. The van der Waals surface area contributed by atoms with E-state index in [2.05, 4.69) is 6.58 Å². The zero-order chi connectivity index (χ0) is 7.98. The van der Waals surface area contributed by atoms with Crippen molar-refractivity contribution in [2.24, 2.45) is 0 Å². The van der Waals surface area contributed by atoms with Gasteiger partial charge >= 0.3 is 9.28 Å². The Morgan fingerprint density at radius 2 is 2.40 bits per heavy atom. The molecule has 0 aromatic carbocycles. The minimum atomic E-state index is -1.52. The van der Waals surface area contributed by atoms with Gasteiger partial charge < -0.3 is 8.85 Å². The Morgan fingerprint density at radius 3 is 2.70 bits per heavy atom. The summed E-state index contributed by atoms with van der Waals surface area (Å²) in [4.78, 5) is 10.4. The molecule has 0 fully saturated rings.